The molecule has 2 nitrogen and oxygen atoms in total. The third-order valence-corrected chi connectivity index (χ3v) is 3.35. The monoisotopic (exact) mass is 278 g/mol. The number of hydrogen-bond acceptors (Lipinski definition) is 2. The van der Waals surface area contributed by atoms with Crippen molar-refractivity contribution in [1.29, 1.82) is 0 Å². The molecule has 0 unspecified atom stereocenters. The van der Waals surface area contributed by atoms with Crippen molar-refractivity contribution in [3.63, 3.8) is 0 Å². The molecule has 0 amide bonds. The van der Waals surface area contributed by atoms with Crippen molar-refractivity contribution in [2.75, 3.05) is 7.11 Å². The van der Waals surface area contributed by atoms with Crippen molar-refractivity contribution < 1.29 is 13.9 Å². The lowest BCUT2D eigenvalue weighted by Gasteiger charge is -2.08. The van der Waals surface area contributed by atoms with Gasteiger partial charge in [0.2, 0.25) is 0 Å². The SMILES string of the molecule is COC(=O)c1ccc(-c2ccc(Cl)c(C)c2F)cc1. The minimum absolute atomic E-state index is 0.349. The Bertz CT molecular complexity index is 621. The van der Waals surface area contributed by atoms with Gasteiger partial charge in [0, 0.05) is 16.1 Å². The first-order valence-corrected chi connectivity index (χ1v) is 6.05. The first-order chi connectivity index (χ1) is 9.04. The van der Waals surface area contributed by atoms with Gasteiger partial charge in [-0.3, -0.25) is 0 Å². The largest absolute Gasteiger partial charge is 0.465 e. The number of benzene rings is 2. The van der Waals surface area contributed by atoms with Crippen LogP contribution in [0, 0.1) is 12.7 Å². The van der Waals surface area contributed by atoms with Crippen LogP contribution >= 0.6 is 11.6 Å². The smallest absolute Gasteiger partial charge is 0.337 e. The summed E-state index contributed by atoms with van der Waals surface area (Å²) < 4.78 is 18.7. The fourth-order valence-corrected chi connectivity index (χ4v) is 1.93. The lowest BCUT2D eigenvalue weighted by molar-refractivity contribution is 0.0601. The molecule has 0 spiro atoms. The van der Waals surface area contributed by atoms with Crippen LogP contribution in [0.3, 0.4) is 0 Å². The van der Waals surface area contributed by atoms with Crippen LogP contribution in [0.25, 0.3) is 11.1 Å². The molecular weight excluding hydrogens is 267 g/mol. The van der Waals surface area contributed by atoms with E-state index in [1.165, 1.54) is 7.11 Å². The number of methoxy groups -OCH3 is 1. The predicted molar refractivity (Wildman–Crippen MR) is 72.9 cm³/mol. The molecule has 0 fully saturated rings. The number of hydrogen-bond donors (Lipinski definition) is 0. The summed E-state index contributed by atoms with van der Waals surface area (Å²) in [6.07, 6.45) is 0. The number of esters is 1. The minimum atomic E-state index is -0.417. The molecule has 0 atom stereocenters. The fourth-order valence-electron chi connectivity index (χ4n) is 1.79. The first kappa shape index (κ1) is 13.6. The van der Waals surface area contributed by atoms with Gasteiger partial charge in [-0.25, -0.2) is 9.18 Å². The number of carbonyl (C=O) groups excluding carboxylic acids is 1. The van der Waals surface area contributed by atoms with Crippen molar-refractivity contribution >= 4 is 17.6 Å². The maximum absolute atomic E-state index is 14.1. The highest BCUT2D eigenvalue weighted by Crippen LogP contribution is 2.29. The molecule has 0 saturated heterocycles. The van der Waals surface area contributed by atoms with Crippen LogP contribution in [0.2, 0.25) is 5.02 Å². The van der Waals surface area contributed by atoms with Crippen molar-refractivity contribution in [3.05, 3.63) is 58.4 Å². The molecule has 2 aromatic carbocycles. The molecule has 0 aliphatic rings. The van der Waals surface area contributed by atoms with Gasteiger partial charge in [-0.05, 0) is 36.8 Å². The summed E-state index contributed by atoms with van der Waals surface area (Å²) in [6.45, 7) is 1.63. The molecule has 0 aromatic heterocycles. The van der Waals surface area contributed by atoms with Crippen LogP contribution in [0.15, 0.2) is 36.4 Å². The van der Waals surface area contributed by atoms with Crippen LogP contribution in [-0.2, 0) is 4.74 Å². The predicted octanol–water partition coefficient (Wildman–Crippen LogP) is 4.24. The highest BCUT2D eigenvalue weighted by molar-refractivity contribution is 6.31. The van der Waals surface area contributed by atoms with Crippen molar-refractivity contribution in [2.45, 2.75) is 6.92 Å². The molecule has 4 heteroatoms. The van der Waals surface area contributed by atoms with Crippen LogP contribution in [0.5, 0.6) is 0 Å². The van der Waals surface area contributed by atoms with Gasteiger partial charge in [-0.2, -0.15) is 0 Å². The third-order valence-electron chi connectivity index (χ3n) is 2.94. The molecule has 0 N–H and O–H groups in total. The standard InChI is InChI=1S/C15H12ClFO2/c1-9-13(16)8-7-12(14(9)17)10-3-5-11(6-4-10)15(18)19-2/h3-8H,1-2H3. The Hall–Kier alpha value is -1.87. The Morgan fingerprint density at radius 2 is 1.79 bits per heavy atom. The number of ether oxygens (including phenoxy) is 1. The summed E-state index contributed by atoms with van der Waals surface area (Å²) in [5, 5.41) is 0.396. The van der Waals surface area contributed by atoms with Gasteiger partial charge in [0.05, 0.1) is 12.7 Å². The van der Waals surface area contributed by atoms with Crippen LogP contribution < -0.4 is 0 Å². The van der Waals surface area contributed by atoms with Gasteiger partial charge >= 0.3 is 5.97 Å². The topological polar surface area (TPSA) is 26.3 Å². The van der Waals surface area contributed by atoms with Gasteiger partial charge in [0.1, 0.15) is 5.82 Å². The summed E-state index contributed by atoms with van der Waals surface area (Å²) in [6, 6.07) is 9.84. The van der Waals surface area contributed by atoms with Gasteiger partial charge in [-0.15, -0.1) is 0 Å². The van der Waals surface area contributed by atoms with Gasteiger partial charge in [-0.1, -0.05) is 23.7 Å². The quantitative estimate of drug-likeness (QED) is 0.768. The summed E-state index contributed by atoms with van der Waals surface area (Å²) in [5.74, 6) is -0.766. The Morgan fingerprint density at radius 1 is 1.16 bits per heavy atom. The lowest BCUT2D eigenvalue weighted by atomic mass is 10.0. The molecule has 2 rings (SSSR count). The molecule has 0 heterocycles. The Balaban J connectivity index is 2.43. The minimum Gasteiger partial charge on any atom is -0.465 e. The third kappa shape index (κ3) is 2.61. The molecule has 0 saturated carbocycles. The van der Waals surface area contributed by atoms with E-state index < -0.39 is 5.97 Å². The zero-order valence-corrected chi connectivity index (χ0v) is 11.3. The average Bonchev–Trinajstić information content (AvgIpc) is 2.44. The molecule has 2 aromatic rings. The van der Waals surface area contributed by atoms with Gasteiger partial charge in [0.15, 0.2) is 0 Å². The average molecular weight is 279 g/mol. The summed E-state index contributed by atoms with van der Waals surface area (Å²) in [5.41, 5.74) is 1.98. The second-order valence-corrected chi connectivity index (χ2v) is 4.51. The fraction of sp³-hybridized carbons (Fsp3) is 0.133. The van der Waals surface area contributed by atoms with E-state index in [9.17, 15) is 9.18 Å². The Labute approximate surface area is 115 Å². The molecule has 0 aliphatic carbocycles. The normalized spacial score (nSPS) is 10.3. The second-order valence-electron chi connectivity index (χ2n) is 4.10. The van der Waals surface area contributed by atoms with E-state index in [1.54, 1.807) is 43.3 Å². The van der Waals surface area contributed by atoms with Crippen LogP contribution in [0.4, 0.5) is 4.39 Å². The summed E-state index contributed by atoms with van der Waals surface area (Å²) in [7, 11) is 1.32. The lowest BCUT2D eigenvalue weighted by Crippen LogP contribution is -2.00. The van der Waals surface area contributed by atoms with E-state index in [-0.39, 0.29) is 5.82 Å². The van der Waals surface area contributed by atoms with Crippen LogP contribution in [-0.4, -0.2) is 13.1 Å². The maximum Gasteiger partial charge on any atom is 0.337 e. The van der Waals surface area contributed by atoms with Crippen molar-refractivity contribution in [3.8, 4) is 11.1 Å². The zero-order chi connectivity index (χ0) is 14.0. The highest BCUT2D eigenvalue weighted by atomic mass is 35.5. The van der Waals surface area contributed by atoms with Crippen LogP contribution in [0.1, 0.15) is 15.9 Å². The van der Waals surface area contributed by atoms with Crippen molar-refractivity contribution in [1.82, 2.24) is 0 Å². The number of halogens is 2. The molecular formula is C15H12ClFO2. The Kier molecular flexibility index (Phi) is 3.86. The van der Waals surface area contributed by atoms with E-state index in [2.05, 4.69) is 4.74 Å². The highest BCUT2D eigenvalue weighted by Gasteiger charge is 2.11. The van der Waals surface area contributed by atoms with E-state index in [1.807, 2.05) is 0 Å². The molecule has 0 radical (unpaired) electrons. The van der Waals surface area contributed by atoms with Gasteiger partial charge < -0.3 is 4.74 Å². The number of carbonyl (C=O) groups is 1. The molecule has 19 heavy (non-hydrogen) atoms. The van der Waals surface area contributed by atoms with Crippen molar-refractivity contribution in [2.24, 2.45) is 0 Å². The van der Waals surface area contributed by atoms with E-state index in [0.717, 1.165) is 0 Å². The molecule has 0 bridgehead atoms. The summed E-state index contributed by atoms with van der Waals surface area (Å²) >= 11 is 5.86. The maximum atomic E-state index is 14.1. The van der Waals surface area contributed by atoms with E-state index in [0.29, 0.717) is 27.3 Å². The second kappa shape index (κ2) is 5.41. The molecule has 0 aliphatic heterocycles. The first-order valence-electron chi connectivity index (χ1n) is 5.68. The van der Waals surface area contributed by atoms with Gasteiger partial charge in [0.25, 0.3) is 0 Å². The van der Waals surface area contributed by atoms with E-state index in [4.69, 9.17) is 11.6 Å². The zero-order valence-electron chi connectivity index (χ0n) is 10.5. The van der Waals surface area contributed by atoms with E-state index >= 15 is 0 Å². The summed E-state index contributed by atoms with van der Waals surface area (Å²) in [4.78, 5) is 11.3. The number of rotatable bonds is 2. The molecule has 98 valence electrons. The Morgan fingerprint density at radius 3 is 2.37 bits per heavy atom.